The molecule has 7 N–H and O–H groups in total. The Labute approximate surface area is 258 Å². The fourth-order valence-corrected chi connectivity index (χ4v) is 5.99. The largest absolute Gasteiger partial charge is 0.472 e. The number of phosphoric acid groups is 1. The molecule has 0 spiro atoms. The number of phosphoric ester groups is 1. The molecule has 22 heteroatoms. The molecule has 6 aliphatic rings. The molecule has 6 aliphatic heterocycles. The maximum Gasteiger partial charge on any atom is 0.472 e. The summed E-state index contributed by atoms with van der Waals surface area (Å²) < 4.78 is 34.8. The zero-order valence-corrected chi connectivity index (χ0v) is 24.9. The van der Waals surface area contributed by atoms with Crippen LogP contribution in [0.5, 0.6) is 0 Å². The third-order valence-electron chi connectivity index (χ3n) is 6.93. The van der Waals surface area contributed by atoms with Crippen molar-refractivity contribution in [1.29, 1.82) is 0 Å². The number of aliphatic hydroxyl groups excluding tert-OH is 2. The minimum atomic E-state index is -4.76. The number of nitrogens with two attached hydrogens (primary N) is 2. The van der Waals surface area contributed by atoms with E-state index in [2.05, 4.69) is 30.0 Å². The van der Waals surface area contributed by atoms with Crippen LogP contribution >= 0.6 is 7.82 Å². The fraction of sp³-hybridized carbons (Fsp3) is 0.600. The Morgan fingerprint density at radius 1 is 0.929 bits per heavy atom. The van der Waals surface area contributed by atoms with Gasteiger partial charge in [0.25, 0.3) is 11.8 Å². The van der Waals surface area contributed by atoms with Crippen molar-refractivity contribution in [3.8, 4) is 0 Å². The van der Waals surface area contributed by atoms with Crippen molar-refractivity contribution in [2.75, 3.05) is 13.2 Å². The van der Waals surface area contributed by atoms with Gasteiger partial charge in [-0.05, 0) is 0 Å². The molecule has 6 rings (SSSR count). The summed E-state index contributed by atoms with van der Waals surface area (Å²) in [6.45, 7) is -1.09. The Morgan fingerprint density at radius 3 is 2.00 bits per heavy atom. The van der Waals surface area contributed by atoms with E-state index in [0.29, 0.717) is 0 Å². The molecule has 0 aromatic carbocycles. The number of nitrogens with zero attached hydrogens (tertiary/aromatic N) is 8. The number of rotatable bonds is 8. The molecule has 9 unspecified atom stereocenters. The van der Waals surface area contributed by atoms with E-state index in [1.54, 1.807) is 0 Å². The van der Waals surface area contributed by atoms with Crippen LogP contribution in [0.2, 0.25) is 0 Å². The topological polar surface area (TPSA) is 282 Å². The van der Waals surface area contributed by atoms with E-state index in [1.165, 1.54) is 22.5 Å². The summed E-state index contributed by atoms with van der Waals surface area (Å²) in [6, 6.07) is -1.95. The number of hydrogen-bond donors (Lipinski definition) is 5. The number of aliphatic hydroxyl groups is 2. The smallest absolute Gasteiger partial charge is 0.394 e. The summed E-state index contributed by atoms with van der Waals surface area (Å²) in [5.41, 5.74) is 11.2. The van der Waals surface area contributed by atoms with E-state index < -0.39 is 81.8 Å². The molecule has 1 radical (unpaired) electrons. The van der Waals surface area contributed by atoms with Crippen LogP contribution in [0.25, 0.3) is 0 Å². The Bertz CT molecular complexity index is 1390. The van der Waals surface area contributed by atoms with Crippen LogP contribution in [-0.2, 0) is 32.7 Å². The Kier molecular flexibility index (Phi) is 8.76. The number of amidine groups is 2. The third kappa shape index (κ3) is 5.84. The average Bonchev–Trinajstić information content (AvgIpc) is 3.67. The van der Waals surface area contributed by atoms with Crippen LogP contribution in [0.15, 0.2) is 30.0 Å². The number of amides is 2. The molecule has 42 heavy (non-hydrogen) atoms. The molecule has 6 heterocycles. The summed E-state index contributed by atoms with van der Waals surface area (Å²) in [5, 5.41) is 20.3. The van der Waals surface area contributed by atoms with E-state index in [-0.39, 0.29) is 66.0 Å². The van der Waals surface area contributed by atoms with E-state index >= 15 is 0 Å². The van der Waals surface area contributed by atoms with Crippen LogP contribution in [0.3, 0.4) is 0 Å². The first-order valence-electron chi connectivity index (χ1n) is 12.3. The van der Waals surface area contributed by atoms with Crippen molar-refractivity contribution >= 4 is 85.5 Å². The second-order valence-corrected chi connectivity index (χ2v) is 11.0. The molecule has 20 nitrogen and oxygen atoms in total. The quantitative estimate of drug-likeness (QED) is 0.127. The molecule has 221 valence electrons. The van der Waals surface area contributed by atoms with Gasteiger partial charge in [0.1, 0.15) is 30.8 Å². The first-order valence-corrected chi connectivity index (χ1v) is 13.8. The maximum absolute atomic E-state index is 12.8. The first-order chi connectivity index (χ1) is 19.5. The predicted octanol–water partition coefficient (Wildman–Crippen LogP) is -4.38. The summed E-state index contributed by atoms with van der Waals surface area (Å²) >= 11 is 0. The molecule has 0 saturated carbocycles. The molecule has 2 fully saturated rings. The summed E-state index contributed by atoms with van der Waals surface area (Å²) in [4.78, 5) is 60.7. The van der Waals surface area contributed by atoms with E-state index in [0.717, 1.165) is 0 Å². The molecule has 0 aliphatic carbocycles. The van der Waals surface area contributed by atoms with E-state index in [4.69, 9.17) is 30.0 Å². The Morgan fingerprint density at radius 2 is 1.45 bits per heavy atom. The SMILES string of the molecule is NC1=NC(=O)C2N=CN(C3CC(O)C(COP(=O)(O)OC4CC(N5C=NC6C(=O)N=C(N)N=C65)OC4CO)O3)C2=N1.[Na]. The molecular formula is C20H25N10NaO10P. The summed E-state index contributed by atoms with van der Waals surface area (Å²) in [5.74, 6) is -1.31. The zero-order chi connectivity index (χ0) is 29.1. The van der Waals surface area contributed by atoms with Gasteiger partial charge in [0, 0.05) is 42.4 Å². The van der Waals surface area contributed by atoms with Gasteiger partial charge in [-0.3, -0.25) is 38.4 Å². The van der Waals surface area contributed by atoms with Crippen molar-refractivity contribution in [1.82, 2.24) is 9.80 Å². The second-order valence-electron chi connectivity index (χ2n) is 9.59. The van der Waals surface area contributed by atoms with Gasteiger partial charge in [-0.1, -0.05) is 0 Å². The van der Waals surface area contributed by atoms with Gasteiger partial charge in [-0.2, -0.15) is 20.0 Å². The summed E-state index contributed by atoms with van der Waals surface area (Å²) in [6.07, 6.45) is -3.32. The standard InChI is InChI=1S/C20H25N10O10P.Na/c21-19-25-15-13(17(33)27-19)23-5-29(15)11-1-7(32)10(39-11)4-37-41(35,36)40-8-2-12(38-9(8)3-31)30-6-24-14-16(30)26-20(22)28-18(14)34;/h5-14,31-32H,1-4H2,(H,35,36)(H2,21,27,33)(H2,22,28,34);. The molecule has 0 bridgehead atoms. The van der Waals surface area contributed by atoms with Gasteiger partial charge in [-0.25, -0.2) is 4.57 Å². The second kappa shape index (κ2) is 11.9. The van der Waals surface area contributed by atoms with Gasteiger partial charge in [0.05, 0.1) is 32.0 Å². The fourth-order valence-electron chi connectivity index (χ4n) is 5.02. The third-order valence-corrected chi connectivity index (χ3v) is 7.94. The number of ether oxygens (including phenoxy) is 2. The van der Waals surface area contributed by atoms with Crippen LogP contribution in [-0.4, -0.2) is 165 Å². The number of guanidine groups is 2. The molecule has 0 aromatic rings. The number of aliphatic imine (C=N–C) groups is 6. The maximum atomic E-state index is 12.8. The van der Waals surface area contributed by atoms with E-state index in [1.807, 2.05) is 0 Å². The molecular weight excluding hydrogens is 594 g/mol. The van der Waals surface area contributed by atoms with Crippen molar-refractivity contribution in [2.24, 2.45) is 41.4 Å². The Balaban J connectivity index is 0.00000353. The van der Waals surface area contributed by atoms with Crippen LogP contribution < -0.4 is 11.5 Å². The van der Waals surface area contributed by atoms with Crippen molar-refractivity contribution in [3.63, 3.8) is 0 Å². The van der Waals surface area contributed by atoms with Gasteiger partial charge in [-0.15, -0.1) is 0 Å². The van der Waals surface area contributed by atoms with Gasteiger partial charge in [0.15, 0.2) is 23.8 Å². The van der Waals surface area contributed by atoms with Gasteiger partial charge >= 0.3 is 7.82 Å². The monoisotopic (exact) mass is 619 g/mol. The molecule has 2 amide bonds. The van der Waals surface area contributed by atoms with Crippen molar-refractivity contribution in [3.05, 3.63) is 0 Å². The minimum absolute atomic E-state index is 0. The van der Waals surface area contributed by atoms with Crippen molar-refractivity contribution in [2.45, 2.75) is 61.8 Å². The van der Waals surface area contributed by atoms with Gasteiger partial charge < -0.3 is 36.0 Å². The normalized spacial score (nSPS) is 36.6. The molecule has 9 atom stereocenters. The predicted molar refractivity (Wildman–Crippen MR) is 142 cm³/mol. The number of hydrogen-bond acceptors (Lipinski definition) is 17. The van der Waals surface area contributed by atoms with Crippen LogP contribution in [0.4, 0.5) is 0 Å². The summed E-state index contributed by atoms with van der Waals surface area (Å²) in [7, 11) is -4.76. The average molecular weight is 619 g/mol. The van der Waals surface area contributed by atoms with Crippen molar-refractivity contribution < 1.29 is 47.8 Å². The van der Waals surface area contributed by atoms with Crippen LogP contribution in [0, 0.1) is 0 Å². The van der Waals surface area contributed by atoms with Crippen LogP contribution in [0.1, 0.15) is 12.8 Å². The zero-order valence-electron chi connectivity index (χ0n) is 22.0. The van der Waals surface area contributed by atoms with Gasteiger partial charge in [0.2, 0.25) is 11.9 Å². The minimum Gasteiger partial charge on any atom is -0.394 e. The number of fused-ring (bicyclic) bond motifs is 2. The molecule has 2 saturated heterocycles. The molecule has 0 aromatic heterocycles. The number of carbonyl (C=O) groups excluding carboxylic acids is 2. The van der Waals surface area contributed by atoms with E-state index in [9.17, 15) is 29.3 Å². The first kappa shape index (κ1) is 31.0. The number of carbonyl (C=O) groups is 2. The Hall–Kier alpha value is -2.49.